The second kappa shape index (κ2) is 9.02. The second-order valence-electron chi connectivity index (χ2n) is 7.35. The number of rotatable bonds is 5. The molecule has 0 radical (unpaired) electrons. The second-order valence-corrected chi connectivity index (χ2v) is 8.92. The molecule has 0 amide bonds. The van der Waals surface area contributed by atoms with Gasteiger partial charge in [0.2, 0.25) is 0 Å². The minimum absolute atomic E-state index is 0.445. The Labute approximate surface area is 197 Å². The van der Waals surface area contributed by atoms with Crippen LogP contribution in [-0.4, -0.2) is 5.84 Å². The first-order valence-electron chi connectivity index (χ1n) is 10.2. The van der Waals surface area contributed by atoms with Crippen molar-refractivity contribution in [2.45, 2.75) is 21.3 Å². The molecule has 0 spiro atoms. The van der Waals surface area contributed by atoms with E-state index in [1.54, 1.807) is 11.8 Å². The SMILES string of the molecule is NC(=Nc1ccc(COc2ccc3c(c2)Nc2ccccc2S3)cc1)c1ccccc1S. The highest BCUT2D eigenvalue weighted by Gasteiger charge is 2.15. The monoisotopic (exact) mass is 455 g/mol. The average Bonchev–Trinajstić information content (AvgIpc) is 2.82. The smallest absolute Gasteiger partial charge is 0.132 e. The largest absolute Gasteiger partial charge is 0.489 e. The maximum Gasteiger partial charge on any atom is 0.132 e. The summed E-state index contributed by atoms with van der Waals surface area (Å²) in [5.74, 6) is 1.27. The molecule has 1 heterocycles. The Kier molecular flexibility index (Phi) is 5.79. The van der Waals surface area contributed by atoms with Gasteiger partial charge in [-0.2, -0.15) is 0 Å². The first-order chi connectivity index (χ1) is 15.7. The van der Waals surface area contributed by atoms with Gasteiger partial charge in [0.05, 0.1) is 17.1 Å². The molecule has 0 aromatic heterocycles. The van der Waals surface area contributed by atoms with E-state index < -0.39 is 0 Å². The molecule has 6 heteroatoms. The van der Waals surface area contributed by atoms with Gasteiger partial charge in [-0.05, 0) is 48.0 Å². The van der Waals surface area contributed by atoms with Gasteiger partial charge in [-0.1, -0.05) is 54.2 Å². The van der Waals surface area contributed by atoms with Crippen LogP contribution in [0.3, 0.4) is 0 Å². The van der Waals surface area contributed by atoms with Crippen LogP contribution in [0.15, 0.2) is 111 Å². The van der Waals surface area contributed by atoms with Crippen LogP contribution in [0, 0.1) is 0 Å². The molecule has 0 aliphatic carbocycles. The number of fused-ring (bicyclic) bond motifs is 2. The first-order valence-corrected chi connectivity index (χ1v) is 11.4. The summed E-state index contributed by atoms with van der Waals surface area (Å²) in [6, 6.07) is 30.0. The number of amidine groups is 1. The molecule has 4 aromatic rings. The summed E-state index contributed by atoms with van der Waals surface area (Å²) in [6.07, 6.45) is 0. The van der Waals surface area contributed by atoms with Crippen LogP contribution < -0.4 is 15.8 Å². The summed E-state index contributed by atoms with van der Waals surface area (Å²) in [6.45, 7) is 0.474. The van der Waals surface area contributed by atoms with E-state index >= 15 is 0 Å². The molecule has 0 saturated heterocycles. The van der Waals surface area contributed by atoms with Crippen LogP contribution in [0.5, 0.6) is 5.75 Å². The summed E-state index contributed by atoms with van der Waals surface area (Å²) >= 11 is 6.21. The van der Waals surface area contributed by atoms with Gasteiger partial charge in [0.25, 0.3) is 0 Å². The van der Waals surface area contributed by atoms with Gasteiger partial charge in [-0.15, -0.1) is 12.6 Å². The maximum atomic E-state index is 6.15. The molecule has 4 aromatic carbocycles. The van der Waals surface area contributed by atoms with Crippen molar-refractivity contribution in [2.24, 2.45) is 10.7 Å². The number of ether oxygens (including phenoxy) is 1. The van der Waals surface area contributed by atoms with Crippen LogP contribution in [0.2, 0.25) is 0 Å². The van der Waals surface area contributed by atoms with Crippen molar-refractivity contribution in [2.75, 3.05) is 5.32 Å². The Morgan fingerprint density at radius 3 is 2.47 bits per heavy atom. The zero-order valence-electron chi connectivity index (χ0n) is 17.2. The van der Waals surface area contributed by atoms with E-state index in [9.17, 15) is 0 Å². The predicted octanol–water partition coefficient (Wildman–Crippen LogP) is 6.80. The summed E-state index contributed by atoms with van der Waals surface area (Å²) in [5, 5.41) is 3.49. The summed E-state index contributed by atoms with van der Waals surface area (Å²) < 4.78 is 6.03. The maximum absolute atomic E-state index is 6.15. The lowest BCUT2D eigenvalue weighted by atomic mass is 10.2. The number of nitrogens with one attached hydrogen (secondary N) is 1. The number of anilines is 2. The van der Waals surface area contributed by atoms with Crippen molar-refractivity contribution in [3.63, 3.8) is 0 Å². The Hall–Kier alpha value is -3.35. The van der Waals surface area contributed by atoms with Gasteiger partial charge in [0, 0.05) is 26.3 Å². The molecule has 0 fully saturated rings. The molecule has 0 bridgehead atoms. The zero-order valence-corrected chi connectivity index (χ0v) is 18.9. The number of thiol groups is 1. The highest BCUT2D eigenvalue weighted by molar-refractivity contribution is 7.99. The molecule has 3 N–H and O–H groups in total. The molecule has 4 nitrogen and oxygen atoms in total. The third kappa shape index (κ3) is 4.47. The highest BCUT2D eigenvalue weighted by Crippen LogP contribution is 2.45. The van der Waals surface area contributed by atoms with Gasteiger partial charge in [-0.3, -0.25) is 0 Å². The quantitative estimate of drug-likeness (QED) is 0.155. The number of hydrogen-bond donors (Lipinski definition) is 3. The van der Waals surface area contributed by atoms with Crippen molar-refractivity contribution in [3.05, 3.63) is 102 Å². The van der Waals surface area contributed by atoms with Gasteiger partial charge in [0.1, 0.15) is 18.2 Å². The molecular formula is C26H21N3OS2. The lowest BCUT2D eigenvalue weighted by molar-refractivity contribution is 0.306. The fourth-order valence-electron chi connectivity index (χ4n) is 3.43. The number of nitrogens with zero attached hydrogens (tertiary/aromatic N) is 1. The Morgan fingerprint density at radius 2 is 1.62 bits per heavy atom. The van der Waals surface area contributed by atoms with Crippen LogP contribution in [0.25, 0.3) is 0 Å². The minimum Gasteiger partial charge on any atom is -0.489 e. The average molecular weight is 456 g/mol. The first kappa shape index (κ1) is 20.5. The molecule has 5 rings (SSSR count). The van der Waals surface area contributed by atoms with Crippen molar-refractivity contribution in [1.29, 1.82) is 0 Å². The van der Waals surface area contributed by atoms with Crippen molar-refractivity contribution in [3.8, 4) is 5.75 Å². The molecule has 0 unspecified atom stereocenters. The molecule has 1 aliphatic rings. The molecule has 0 atom stereocenters. The van der Waals surface area contributed by atoms with Gasteiger partial charge < -0.3 is 15.8 Å². The number of nitrogens with two attached hydrogens (primary N) is 1. The number of benzene rings is 4. The summed E-state index contributed by atoms with van der Waals surface area (Å²) in [4.78, 5) is 7.74. The van der Waals surface area contributed by atoms with Gasteiger partial charge >= 0.3 is 0 Å². The number of hydrogen-bond acceptors (Lipinski definition) is 5. The topological polar surface area (TPSA) is 59.6 Å². The molecule has 32 heavy (non-hydrogen) atoms. The van der Waals surface area contributed by atoms with E-state index in [4.69, 9.17) is 10.5 Å². The molecule has 0 saturated carbocycles. The third-order valence-electron chi connectivity index (χ3n) is 5.10. The molecule has 1 aliphatic heterocycles. The van der Waals surface area contributed by atoms with Crippen molar-refractivity contribution >= 4 is 47.3 Å². The van der Waals surface area contributed by atoms with E-state index in [0.29, 0.717) is 12.4 Å². The van der Waals surface area contributed by atoms with E-state index in [1.165, 1.54) is 9.79 Å². The predicted molar refractivity (Wildman–Crippen MR) is 135 cm³/mol. The molecular weight excluding hydrogens is 434 g/mol. The van der Waals surface area contributed by atoms with E-state index in [-0.39, 0.29) is 0 Å². The van der Waals surface area contributed by atoms with Crippen LogP contribution in [0.1, 0.15) is 11.1 Å². The van der Waals surface area contributed by atoms with Crippen molar-refractivity contribution in [1.82, 2.24) is 0 Å². The lowest BCUT2D eigenvalue weighted by Gasteiger charge is -2.21. The minimum atomic E-state index is 0.445. The summed E-state index contributed by atoms with van der Waals surface area (Å²) in [7, 11) is 0. The van der Waals surface area contributed by atoms with Crippen molar-refractivity contribution < 1.29 is 4.74 Å². The zero-order chi connectivity index (χ0) is 21.9. The number of aliphatic imine (C=N–C) groups is 1. The lowest BCUT2D eigenvalue weighted by Crippen LogP contribution is -2.13. The van der Waals surface area contributed by atoms with Crippen LogP contribution in [-0.2, 0) is 6.61 Å². The summed E-state index contributed by atoms with van der Waals surface area (Å²) in [5.41, 5.74) is 11.0. The van der Waals surface area contributed by atoms with E-state index in [2.05, 4.69) is 47.2 Å². The number of para-hydroxylation sites is 1. The van der Waals surface area contributed by atoms with Gasteiger partial charge in [-0.25, -0.2) is 4.99 Å². The third-order valence-corrected chi connectivity index (χ3v) is 6.64. The Balaban J connectivity index is 1.24. The normalized spacial score (nSPS) is 12.5. The Bertz CT molecular complexity index is 1300. The van der Waals surface area contributed by atoms with E-state index in [0.717, 1.165) is 38.8 Å². The van der Waals surface area contributed by atoms with Gasteiger partial charge in [0.15, 0.2) is 0 Å². The molecule has 158 valence electrons. The standard InChI is InChI=1S/C26H21N3OS2/c27-26(20-5-1-3-7-23(20)31)28-18-11-9-17(10-12-18)16-30-19-13-14-25-22(15-19)29-21-6-2-4-8-24(21)32-25/h1-15,29,31H,16H2,(H2,27,28). The van der Waals surface area contributed by atoms with Crippen LogP contribution >= 0.6 is 24.4 Å². The van der Waals surface area contributed by atoms with E-state index in [1.807, 2.05) is 66.7 Å². The highest BCUT2D eigenvalue weighted by atomic mass is 32.2. The fraction of sp³-hybridized carbons (Fsp3) is 0.0385. The fourth-order valence-corrected chi connectivity index (χ4v) is 4.67. The van der Waals surface area contributed by atoms with Crippen LogP contribution in [0.4, 0.5) is 17.1 Å². The Morgan fingerprint density at radius 1 is 0.875 bits per heavy atom.